The van der Waals surface area contributed by atoms with Gasteiger partial charge in [-0.05, 0) is 43.2 Å². The molecule has 0 aliphatic heterocycles. The average Bonchev–Trinajstić information content (AvgIpc) is 2.55. The molecule has 0 aliphatic carbocycles. The van der Waals surface area contributed by atoms with Gasteiger partial charge in [0.1, 0.15) is 17.3 Å². The average molecular weight is 382 g/mol. The molecule has 0 unspecified atom stereocenters. The molecule has 0 atom stereocenters. The fourth-order valence-corrected chi connectivity index (χ4v) is 3.89. The quantitative estimate of drug-likeness (QED) is 0.835. The molecule has 0 saturated heterocycles. The Kier molecular flexibility index (Phi) is 6.09. The van der Waals surface area contributed by atoms with Gasteiger partial charge in [-0.2, -0.15) is 0 Å². The van der Waals surface area contributed by atoms with E-state index in [1.807, 2.05) is 0 Å². The SMILES string of the molecule is CC(=O)N(CCNS(=O)(=O)c1cc(C)ccc1C)c1c(F)cccc1F. The van der Waals surface area contributed by atoms with E-state index in [9.17, 15) is 22.0 Å². The molecule has 0 fully saturated rings. The van der Waals surface area contributed by atoms with Gasteiger partial charge in [-0.15, -0.1) is 0 Å². The van der Waals surface area contributed by atoms with Crippen LogP contribution < -0.4 is 9.62 Å². The third kappa shape index (κ3) is 4.44. The van der Waals surface area contributed by atoms with E-state index in [2.05, 4.69) is 4.72 Å². The molecule has 0 saturated carbocycles. The van der Waals surface area contributed by atoms with Crippen LogP contribution >= 0.6 is 0 Å². The van der Waals surface area contributed by atoms with Crippen LogP contribution in [0.3, 0.4) is 0 Å². The molecule has 2 aromatic carbocycles. The summed E-state index contributed by atoms with van der Waals surface area (Å²) in [4.78, 5) is 12.8. The minimum Gasteiger partial charge on any atom is -0.306 e. The van der Waals surface area contributed by atoms with E-state index in [0.717, 1.165) is 29.5 Å². The van der Waals surface area contributed by atoms with Gasteiger partial charge in [0.15, 0.2) is 0 Å². The van der Waals surface area contributed by atoms with Crippen molar-refractivity contribution in [2.75, 3.05) is 18.0 Å². The van der Waals surface area contributed by atoms with E-state index < -0.39 is 33.3 Å². The molecule has 2 rings (SSSR count). The van der Waals surface area contributed by atoms with Gasteiger partial charge in [-0.1, -0.05) is 18.2 Å². The third-order valence-corrected chi connectivity index (χ3v) is 5.45. The van der Waals surface area contributed by atoms with Crippen molar-refractivity contribution in [1.82, 2.24) is 4.72 Å². The number of hydrogen-bond acceptors (Lipinski definition) is 3. The number of para-hydroxylation sites is 1. The van der Waals surface area contributed by atoms with Gasteiger partial charge in [-0.3, -0.25) is 4.79 Å². The smallest absolute Gasteiger partial charge is 0.240 e. The van der Waals surface area contributed by atoms with Crippen molar-refractivity contribution >= 4 is 21.6 Å². The summed E-state index contributed by atoms with van der Waals surface area (Å²) in [5.74, 6) is -2.38. The van der Waals surface area contributed by atoms with Gasteiger partial charge in [0, 0.05) is 20.0 Å². The van der Waals surface area contributed by atoms with Crippen molar-refractivity contribution in [2.45, 2.75) is 25.7 Å². The minimum absolute atomic E-state index is 0.129. The van der Waals surface area contributed by atoms with Crippen molar-refractivity contribution in [3.63, 3.8) is 0 Å². The molecule has 1 amide bonds. The molecule has 5 nitrogen and oxygen atoms in total. The predicted octanol–water partition coefficient (Wildman–Crippen LogP) is 2.91. The summed E-state index contributed by atoms with van der Waals surface area (Å²) in [5.41, 5.74) is 0.868. The monoisotopic (exact) mass is 382 g/mol. The summed E-state index contributed by atoms with van der Waals surface area (Å²) in [7, 11) is -3.81. The minimum atomic E-state index is -3.81. The van der Waals surface area contributed by atoms with E-state index in [0.29, 0.717) is 5.56 Å². The van der Waals surface area contributed by atoms with E-state index in [-0.39, 0.29) is 18.0 Å². The Morgan fingerprint density at radius 1 is 1.12 bits per heavy atom. The van der Waals surface area contributed by atoms with Gasteiger partial charge >= 0.3 is 0 Å². The zero-order valence-electron chi connectivity index (χ0n) is 14.7. The fraction of sp³-hybridized carbons (Fsp3) is 0.278. The van der Waals surface area contributed by atoms with Crippen molar-refractivity contribution < 1.29 is 22.0 Å². The summed E-state index contributed by atoms with van der Waals surface area (Å²) in [6.07, 6.45) is 0. The number of amides is 1. The van der Waals surface area contributed by atoms with E-state index in [4.69, 9.17) is 0 Å². The molecule has 0 aliphatic rings. The molecule has 0 aromatic heterocycles. The lowest BCUT2D eigenvalue weighted by atomic mass is 10.2. The van der Waals surface area contributed by atoms with Crippen LogP contribution in [0.5, 0.6) is 0 Å². The molecule has 0 radical (unpaired) electrons. The Morgan fingerprint density at radius 2 is 1.73 bits per heavy atom. The highest BCUT2D eigenvalue weighted by atomic mass is 32.2. The second-order valence-corrected chi connectivity index (χ2v) is 7.64. The number of anilines is 1. The number of carbonyl (C=O) groups excluding carboxylic acids is 1. The number of carbonyl (C=O) groups is 1. The van der Waals surface area contributed by atoms with Crippen LogP contribution in [0.25, 0.3) is 0 Å². The molecule has 26 heavy (non-hydrogen) atoms. The highest BCUT2D eigenvalue weighted by molar-refractivity contribution is 7.89. The maximum atomic E-state index is 13.9. The number of sulfonamides is 1. The number of nitrogens with one attached hydrogen (secondary N) is 1. The Labute approximate surface area is 151 Å². The Bertz CT molecular complexity index is 910. The standard InChI is InChI=1S/C18H20F2N2O3S/c1-12-7-8-13(2)17(11-12)26(24,25)21-9-10-22(14(3)23)18-15(19)5-4-6-16(18)20/h4-8,11,21H,9-10H2,1-3H3. The highest BCUT2D eigenvalue weighted by Gasteiger charge is 2.22. The van der Waals surface area contributed by atoms with Gasteiger partial charge in [0.2, 0.25) is 15.9 Å². The maximum Gasteiger partial charge on any atom is 0.240 e. The van der Waals surface area contributed by atoms with E-state index in [1.54, 1.807) is 26.0 Å². The highest BCUT2D eigenvalue weighted by Crippen LogP contribution is 2.23. The number of nitrogens with zero attached hydrogens (tertiary/aromatic N) is 1. The van der Waals surface area contributed by atoms with Crippen LogP contribution in [0.2, 0.25) is 0 Å². The molecular weight excluding hydrogens is 362 g/mol. The molecule has 8 heteroatoms. The van der Waals surface area contributed by atoms with E-state index >= 15 is 0 Å². The van der Waals surface area contributed by atoms with Gasteiger partial charge in [0.25, 0.3) is 0 Å². The number of benzene rings is 2. The van der Waals surface area contributed by atoms with Gasteiger partial charge in [0.05, 0.1) is 4.90 Å². The first-order chi connectivity index (χ1) is 12.1. The number of aryl methyl sites for hydroxylation is 2. The summed E-state index contributed by atoms with van der Waals surface area (Å²) in [5, 5.41) is 0. The third-order valence-electron chi connectivity index (χ3n) is 3.85. The molecule has 0 spiro atoms. The number of halogens is 2. The lowest BCUT2D eigenvalue weighted by Gasteiger charge is -2.22. The summed E-state index contributed by atoms with van der Waals surface area (Å²) < 4.78 is 55.1. The van der Waals surface area contributed by atoms with Crippen LogP contribution in [0.4, 0.5) is 14.5 Å². The molecule has 0 heterocycles. The molecule has 2 aromatic rings. The topological polar surface area (TPSA) is 66.5 Å². The summed E-state index contributed by atoms with van der Waals surface area (Å²) in [6.45, 7) is 4.20. The summed E-state index contributed by atoms with van der Waals surface area (Å²) in [6, 6.07) is 8.29. The largest absolute Gasteiger partial charge is 0.306 e. The van der Waals surface area contributed by atoms with Crippen molar-refractivity contribution in [1.29, 1.82) is 0 Å². The molecule has 1 N–H and O–H groups in total. The van der Waals surface area contributed by atoms with Crippen LogP contribution in [-0.4, -0.2) is 27.4 Å². The Hall–Kier alpha value is -2.32. The maximum absolute atomic E-state index is 13.9. The lowest BCUT2D eigenvalue weighted by molar-refractivity contribution is -0.116. The fourth-order valence-electron chi connectivity index (χ4n) is 2.54. The number of rotatable bonds is 6. The van der Waals surface area contributed by atoms with Crippen LogP contribution in [-0.2, 0) is 14.8 Å². The van der Waals surface area contributed by atoms with Gasteiger partial charge in [-0.25, -0.2) is 21.9 Å². The molecule has 140 valence electrons. The second-order valence-electron chi connectivity index (χ2n) is 5.91. The first kappa shape index (κ1) is 20.0. The van der Waals surface area contributed by atoms with Crippen LogP contribution in [0, 0.1) is 25.5 Å². The zero-order chi connectivity index (χ0) is 19.5. The van der Waals surface area contributed by atoms with Crippen molar-refractivity contribution in [3.8, 4) is 0 Å². The van der Waals surface area contributed by atoms with Crippen molar-refractivity contribution in [2.24, 2.45) is 0 Å². The first-order valence-corrected chi connectivity index (χ1v) is 9.41. The second kappa shape index (κ2) is 7.92. The Balaban J connectivity index is 2.18. The zero-order valence-corrected chi connectivity index (χ0v) is 15.5. The van der Waals surface area contributed by atoms with Gasteiger partial charge < -0.3 is 4.90 Å². The van der Waals surface area contributed by atoms with Crippen molar-refractivity contribution in [3.05, 3.63) is 59.2 Å². The van der Waals surface area contributed by atoms with Crippen LogP contribution in [0.1, 0.15) is 18.1 Å². The van der Waals surface area contributed by atoms with Crippen LogP contribution in [0.15, 0.2) is 41.3 Å². The lowest BCUT2D eigenvalue weighted by Crippen LogP contribution is -2.38. The Morgan fingerprint density at radius 3 is 2.31 bits per heavy atom. The van der Waals surface area contributed by atoms with E-state index in [1.165, 1.54) is 12.1 Å². The molecular formula is C18H20F2N2O3S. The summed E-state index contributed by atoms with van der Waals surface area (Å²) >= 11 is 0. The normalized spacial score (nSPS) is 11.4. The predicted molar refractivity (Wildman–Crippen MR) is 95.5 cm³/mol. The number of hydrogen-bond donors (Lipinski definition) is 1. The molecule has 0 bridgehead atoms. The first-order valence-electron chi connectivity index (χ1n) is 7.92.